The van der Waals surface area contributed by atoms with Crippen LogP contribution in [0.4, 0.5) is 0 Å². The van der Waals surface area contributed by atoms with Crippen molar-refractivity contribution in [1.82, 2.24) is 9.71 Å². The van der Waals surface area contributed by atoms with Crippen LogP contribution in [0.3, 0.4) is 0 Å². The average molecular weight is 471 g/mol. The first-order valence-corrected chi connectivity index (χ1v) is 12.2. The Morgan fingerprint density at radius 1 is 1.15 bits per heavy atom. The number of carbonyl (C=O) groups is 1. The minimum atomic E-state index is -3.85. The molecular formula is C24H26N2O6S. The summed E-state index contributed by atoms with van der Waals surface area (Å²) < 4.78 is 44.9. The topological polar surface area (TPSA) is 108 Å². The Morgan fingerprint density at radius 2 is 1.88 bits per heavy atom. The largest absolute Gasteiger partial charge is 0.495 e. The molecule has 1 saturated carbocycles. The third-order valence-corrected chi connectivity index (χ3v) is 7.16. The first kappa shape index (κ1) is 23.0. The van der Waals surface area contributed by atoms with Gasteiger partial charge >= 0.3 is 5.97 Å². The molecule has 8 nitrogen and oxygen atoms in total. The maximum absolute atomic E-state index is 12.9. The van der Waals surface area contributed by atoms with Crippen molar-refractivity contribution in [3.05, 3.63) is 65.5 Å². The number of aromatic nitrogens is 1. The zero-order valence-corrected chi connectivity index (χ0v) is 19.4. The van der Waals surface area contributed by atoms with Gasteiger partial charge in [0.15, 0.2) is 0 Å². The molecule has 33 heavy (non-hydrogen) atoms. The lowest BCUT2D eigenvalue weighted by molar-refractivity contribution is 0.0466. The Bertz CT molecular complexity index is 1230. The molecule has 0 unspecified atom stereocenters. The Balaban J connectivity index is 1.50. The molecule has 0 bridgehead atoms. The first-order valence-electron chi connectivity index (χ1n) is 10.8. The number of nitrogens with zero attached hydrogens (tertiary/aromatic N) is 1. The number of carbonyl (C=O) groups excluding carboxylic acids is 1. The Kier molecular flexibility index (Phi) is 6.80. The number of aryl methyl sites for hydroxylation is 1. The predicted molar refractivity (Wildman–Crippen MR) is 121 cm³/mol. The summed E-state index contributed by atoms with van der Waals surface area (Å²) in [5, 5.41) is 0. The highest BCUT2D eigenvalue weighted by Gasteiger charge is 2.27. The van der Waals surface area contributed by atoms with Gasteiger partial charge in [0, 0.05) is 11.6 Å². The number of oxazole rings is 1. The van der Waals surface area contributed by atoms with Gasteiger partial charge in [0.05, 0.1) is 12.7 Å². The number of methoxy groups -OCH3 is 1. The molecule has 1 aliphatic rings. The number of hydrogen-bond acceptors (Lipinski definition) is 7. The average Bonchev–Trinajstić information content (AvgIpc) is 3.46. The minimum absolute atomic E-state index is 0.0877. The van der Waals surface area contributed by atoms with Crippen molar-refractivity contribution in [2.45, 2.75) is 50.2 Å². The molecule has 2 aromatic carbocycles. The highest BCUT2D eigenvalue weighted by atomic mass is 32.2. The van der Waals surface area contributed by atoms with Gasteiger partial charge in [-0.15, -0.1) is 0 Å². The van der Waals surface area contributed by atoms with Crippen molar-refractivity contribution in [2.24, 2.45) is 0 Å². The first-order chi connectivity index (χ1) is 15.9. The number of ether oxygens (including phenoxy) is 2. The van der Waals surface area contributed by atoms with E-state index in [0.29, 0.717) is 17.3 Å². The van der Waals surface area contributed by atoms with E-state index in [1.165, 1.54) is 25.3 Å². The molecule has 1 fully saturated rings. The molecule has 0 saturated heterocycles. The van der Waals surface area contributed by atoms with E-state index >= 15 is 0 Å². The molecule has 1 heterocycles. The van der Waals surface area contributed by atoms with Gasteiger partial charge in [-0.25, -0.2) is 22.9 Å². The maximum atomic E-state index is 12.9. The van der Waals surface area contributed by atoms with Gasteiger partial charge in [0.2, 0.25) is 15.9 Å². The van der Waals surface area contributed by atoms with Crippen LogP contribution in [0.1, 0.15) is 47.5 Å². The fraction of sp³-hybridized carbons (Fsp3) is 0.333. The summed E-state index contributed by atoms with van der Waals surface area (Å²) in [5.74, 6) is 0.478. The fourth-order valence-corrected chi connectivity index (χ4v) is 5.32. The van der Waals surface area contributed by atoms with Crippen molar-refractivity contribution in [3.8, 4) is 17.2 Å². The zero-order chi connectivity index (χ0) is 23.4. The van der Waals surface area contributed by atoms with Crippen molar-refractivity contribution >= 4 is 16.0 Å². The lowest BCUT2D eigenvalue weighted by atomic mass is 10.2. The highest BCUT2D eigenvalue weighted by Crippen LogP contribution is 2.28. The predicted octanol–water partition coefficient (Wildman–Crippen LogP) is 4.24. The third kappa shape index (κ3) is 5.26. The van der Waals surface area contributed by atoms with Gasteiger partial charge in [-0.2, -0.15) is 0 Å². The summed E-state index contributed by atoms with van der Waals surface area (Å²) in [4.78, 5) is 17.0. The number of sulfonamides is 1. The van der Waals surface area contributed by atoms with Crippen LogP contribution < -0.4 is 9.46 Å². The number of rotatable bonds is 8. The highest BCUT2D eigenvalue weighted by molar-refractivity contribution is 7.89. The maximum Gasteiger partial charge on any atom is 0.338 e. The van der Waals surface area contributed by atoms with Gasteiger partial charge in [-0.3, -0.25) is 0 Å². The molecule has 1 N–H and O–H groups in total. The number of hydrogen-bond donors (Lipinski definition) is 1. The summed E-state index contributed by atoms with van der Waals surface area (Å²) in [7, 11) is -2.47. The van der Waals surface area contributed by atoms with Crippen LogP contribution in [0.2, 0.25) is 0 Å². The summed E-state index contributed by atoms with van der Waals surface area (Å²) >= 11 is 0. The molecule has 174 valence electrons. The van der Waals surface area contributed by atoms with E-state index in [1.54, 1.807) is 6.92 Å². The number of benzene rings is 2. The standard InChI is InChI=1S/C24H26N2O6S/c1-16-20(25-23(32-16)17-8-4-3-5-9-17)15-31-24(27)18-12-13-21(30-2)22(14-18)33(28,29)26-19-10-6-7-11-19/h3-5,8-9,12-14,19,26H,6-7,10-11,15H2,1-2H3. The van der Waals surface area contributed by atoms with E-state index in [-0.39, 0.29) is 28.9 Å². The molecule has 0 atom stereocenters. The molecule has 0 aliphatic heterocycles. The summed E-state index contributed by atoms with van der Waals surface area (Å²) in [5.41, 5.74) is 1.41. The van der Waals surface area contributed by atoms with E-state index in [2.05, 4.69) is 9.71 Å². The van der Waals surface area contributed by atoms with Gasteiger partial charge in [-0.05, 0) is 50.1 Å². The van der Waals surface area contributed by atoms with Crippen LogP contribution in [0.5, 0.6) is 5.75 Å². The third-order valence-electron chi connectivity index (χ3n) is 5.62. The van der Waals surface area contributed by atoms with E-state index in [0.717, 1.165) is 31.2 Å². The second kappa shape index (κ2) is 9.76. The Labute approximate surface area is 193 Å². The Hall–Kier alpha value is -3.17. The molecular weight excluding hydrogens is 444 g/mol. The molecule has 1 aromatic heterocycles. The van der Waals surface area contributed by atoms with Crippen molar-refractivity contribution < 1.29 is 27.1 Å². The quantitative estimate of drug-likeness (QED) is 0.491. The van der Waals surface area contributed by atoms with Crippen molar-refractivity contribution in [3.63, 3.8) is 0 Å². The van der Waals surface area contributed by atoms with E-state index in [9.17, 15) is 13.2 Å². The van der Waals surface area contributed by atoms with Crippen molar-refractivity contribution in [1.29, 1.82) is 0 Å². The van der Waals surface area contributed by atoms with Gasteiger partial charge in [-0.1, -0.05) is 31.0 Å². The lowest BCUT2D eigenvalue weighted by Crippen LogP contribution is -2.33. The van der Waals surface area contributed by atoms with Crippen molar-refractivity contribution in [2.75, 3.05) is 7.11 Å². The van der Waals surface area contributed by atoms with Crippen LogP contribution in [-0.4, -0.2) is 32.5 Å². The van der Waals surface area contributed by atoms with Gasteiger partial charge in [0.25, 0.3) is 0 Å². The van der Waals surface area contributed by atoms with Crippen LogP contribution in [0.25, 0.3) is 11.5 Å². The molecule has 3 aromatic rings. The number of esters is 1. The normalized spacial score (nSPS) is 14.4. The number of nitrogens with one attached hydrogen (secondary N) is 1. The summed E-state index contributed by atoms with van der Waals surface area (Å²) in [6, 6.07) is 13.5. The van der Waals surface area contributed by atoms with E-state index in [4.69, 9.17) is 13.9 Å². The lowest BCUT2D eigenvalue weighted by Gasteiger charge is -2.15. The molecule has 0 radical (unpaired) electrons. The van der Waals surface area contributed by atoms with Gasteiger partial charge in [0.1, 0.15) is 28.7 Å². The second-order valence-corrected chi connectivity index (χ2v) is 9.61. The van der Waals surface area contributed by atoms with E-state index < -0.39 is 16.0 Å². The summed E-state index contributed by atoms with van der Waals surface area (Å²) in [6.45, 7) is 1.64. The molecule has 9 heteroatoms. The minimum Gasteiger partial charge on any atom is -0.495 e. The van der Waals surface area contributed by atoms with Crippen LogP contribution in [0.15, 0.2) is 57.8 Å². The fourth-order valence-electron chi connectivity index (χ4n) is 3.82. The zero-order valence-electron chi connectivity index (χ0n) is 18.5. The molecule has 0 spiro atoms. The van der Waals surface area contributed by atoms with Crippen LogP contribution >= 0.6 is 0 Å². The van der Waals surface area contributed by atoms with Crippen LogP contribution in [0, 0.1) is 6.92 Å². The van der Waals surface area contributed by atoms with Gasteiger partial charge < -0.3 is 13.9 Å². The molecule has 0 amide bonds. The Morgan fingerprint density at radius 3 is 2.58 bits per heavy atom. The van der Waals surface area contributed by atoms with E-state index in [1.807, 2.05) is 30.3 Å². The molecule has 4 rings (SSSR count). The van der Waals surface area contributed by atoms with Crippen LogP contribution in [-0.2, 0) is 21.4 Å². The smallest absolute Gasteiger partial charge is 0.338 e. The second-order valence-electron chi connectivity index (χ2n) is 7.93. The monoisotopic (exact) mass is 470 g/mol. The SMILES string of the molecule is COc1ccc(C(=O)OCc2nc(-c3ccccc3)oc2C)cc1S(=O)(=O)NC1CCCC1. The molecule has 1 aliphatic carbocycles. The summed E-state index contributed by atoms with van der Waals surface area (Å²) in [6.07, 6.45) is 3.57.